The lowest BCUT2D eigenvalue weighted by Gasteiger charge is -2.10. The van der Waals surface area contributed by atoms with Crippen molar-refractivity contribution in [1.82, 2.24) is 4.90 Å². The average molecular weight is 300 g/mol. The fourth-order valence-corrected chi connectivity index (χ4v) is 1.01. The first-order valence-electron chi connectivity index (χ1n) is 5.72. The van der Waals surface area contributed by atoms with Crippen LogP contribution in [0.3, 0.4) is 0 Å². The Kier molecular flexibility index (Phi) is 8.08. The number of benzene rings is 1. The molecule has 0 amide bonds. The Balaban J connectivity index is 0.000000567. The molecule has 0 aliphatic rings. The standard InChI is InChI=1S/C10H14N2O3.C2H2O4/c1-11(2)7-8-15-10-5-3-9(4-6-10)12(13)14;3-1(4)2(5)6/h3-6H,7-8H2,1-2H3;(H,3,4)(H,5,6). The molecule has 116 valence electrons. The van der Waals surface area contributed by atoms with Crippen molar-refractivity contribution in [3.05, 3.63) is 34.4 Å². The molecule has 0 heterocycles. The summed E-state index contributed by atoms with van der Waals surface area (Å²) in [5.41, 5.74) is 0.0787. The quantitative estimate of drug-likeness (QED) is 0.461. The van der Waals surface area contributed by atoms with E-state index in [-0.39, 0.29) is 5.69 Å². The Bertz CT molecular complexity index is 473. The molecule has 0 bridgehead atoms. The average Bonchev–Trinajstić information content (AvgIpc) is 2.39. The second-order valence-corrected chi connectivity index (χ2v) is 4.01. The second kappa shape index (κ2) is 9.26. The minimum Gasteiger partial charge on any atom is -0.492 e. The highest BCUT2D eigenvalue weighted by Crippen LogP contribution is 2.16. The molecular weight excluding hydrogens is 284 g/mol. The van der Waals surface area contributed by atoms with Crippen molar-refractivity contribution in [2.24, 2.45) is 0 Å². The molecule has 21 heavy (non-hydrogen) atoms. The summed E-state index contributed by atoms with van der Waals surface area (Å²) >= 11 is 0. The normalized spacial score (nSPS) is 9.48. The van der Waals surface area contributed by atoms with Crippen molar-refractivity contribution >= 4 is 17.6 Å². The third kappa shape index (κ3) is 8.94. The fourth-order valence-electron chi connectivity index (χ4n) is 1.01. The summed E-state index contributed by atoms with van der Waals surface area (Å²) in [6.45, 7) is 1.39. The van der Waals surface area contributed by atoms with Crippen LogP contribution in [0.15, 0.2) is 24.3 Å². The number of ether oxygens (including phenoxy) is 1. The van der Waals surface area contributed by atoms with Crippen LogP contribution in [-0.4, -0.2) is 59.2 Å². The first-order valence-corrected chi connectivity index (χ1v) is 5.72. The van der Waals surface area contributed by atoms with Gasteiger partial charge in [0, 0.05) is 18.7 Å². The maximum Gasteiger partial charge on any atom is 0.414 e. The van der Waals surface area contributed by atoms with E-state index < -0.39 is 16.9 Å². The molecular formula is C12H16N2O7. The van der Waals surface area contributed by atoms with Crippen molar-refractivity contribution in [2.75, 3.05) is 27.2 Å². The highest BCUT2D eigenvalue weighted by atomic mass is 16.6. The van der Waals surface area contributed by atoms with Gasteiger partial charge in [0.25, 0.3) is 5.69 Å². The molecule has 1 rings (SSSR count). The molecule has 9 nitrogen and oxygen atoms in total. The zero-order chi connectivity index (χ0) is 16.4. The van der Waals surface area contributed by atoms with E-state index in [0.29, 0.717) is 12.4 Å². The van der Waals surface area contributed by atoms with Crippen molar-refractivity contribution < 1.29 is 29.5 Å². The number of carboxylic acids is 2. The largest absolute Gasteiger partial charge is 0.492 e. The van der Waals surface area contributed by atoms with Crippen LogP contribution in [0.2, 0.25) is 0 Å². The summed E-state index contributed by atoms with van der Waals surface area (Å²) < 4.78 is 5.39. The molecule has 2 N–H and O–H groups in total. The molecule has 9 heteroatoms. The number of nitro groups is 1. The van der Waals surface area contributed by atoms with Crippen molar-refractivity contribution in [1.29, 1.82) is 0 Å². The lowest BCUT2D eigenvalue weighted by molar-refractivity contribution is -0.384. The van der Waals surface area contributed by atoms with Crippen LogP contribution >= 0.6 is 0 Å². The maximum atomic E-state index is 10.4. The first-order chi connectivity index (χ1) is 9.73. The fraction of sp³-hybridized carbons (Fsp3) is 0.333. The predicted molar refractivity (Wildman–Crippen MR) is 72.4 cm³/mol. The Morgan fingerprint density at radius 2 is 1.67 bits per heavy atom. The van der Waals surface area contributed by atoms with E-state index in [0.717, 1.165) is 6.54 Å². The zero-order valence-corrected chi connectivity index (χ0v) is 11.6. The van der Waals surface area contributed by atoms with E-state index in [1.54, 1.807) is 12.1 Å². The molecule has 0 spiro atoms. The van der Waals surface area contributed by atoms with Gasteiger partial charge in [-0.25, -0.2) is 9.59 Å². The molecule has 0 unspecified atom stereocenters. The third-order valence-electron chi connectivity index (χ3n) is 2.04. The Morgan fingerprint density at radius 1 is 1.19 bits per heavy atom. The van der Waals surface area contributed by atoms with Crippen LogP contribution < -0.4 is 4.74 Å². The van der Waals surface area contributed by atoms with Gasteiger partial charge in [-0.05, 0) is 26.2 Å². The van der Waals surface area contributed by atoms with Gasteiger partial charge in [-0.3, -0.25) is 10.1 Å². The van der Waals surface area contributed by atoms with Gasteiger partial charge >= 0.3 is 11.9 Å². The molecule has 1 aromatic rings. The van der Waals surface area contributed by atoms with E-state index in [1.165, 1.54) is 12.1 Å². The monoisotopic (exact) mass is 300 g/mol. The SMILES string of the molecule is CN(C)CCOc1ccc([N+](=O)[O-])cc1.O=C(O)C(=O)O. The molecule has 0 radical (unpaired) electrons. The van der Waals surface area contributed by atoms with Crippen LogP contribution in [0, 0.1) is 10.1 Å². The van der Waals surface area contributed by atoms with Crippen LogP contribution in [0.5, 0.6) is 5.75 Å². The number of likely N-dealkylation sites (N-methyl/N-ethyl adjacent to an activating group) is 1. The number of carboxylic acid groups (broad SMARTS) is 2. The van der Waals surface area contributed by atoms with Crippen molar-refractivity contribution in [2.45, 2.75) is 0 Å². The number of nitrogens with zero attached hydrogens (tertiary/aromatic N) is 2. The van der Waals surface area contributed by atoms with E-state index in [1.807, 2.05) is 19.0 Å². The summed E-state index contributed by atoms with van der Waals surface area (Å²) in [6, 6.07) is 6.08. The smallest absolute Gasteiger partial charge is 0.414 e. The van der Waals surface area contributed by atoms with Crippen molar-refractivity contribution in [3.8, 4) is 5.75 Å². The minimum absolute atomic E-state index is 0.0787. The van der Waals surface area contributed by atoms with Gasteiger partial charge in [-0.1, -0.05) is 0 Å². The molecule has 0 fully saturated rings. The molecule has 0 aromatic heterocycles. The molecule has 0 saturated carbocycles. The van der Waals surface area contributed by atoms with Crippen LogP contribution in [0.25, 0.3) is 0 Å². The summed E-state index contributed by atoms with van der Waals surface area (Å²) in [7, 11) is 3.92. The molecule has 0 atom stereocenters. The van der Waals surface area contributed by atoms with Gasteiger partial charge in [-0.15, -0.1) is 0 Å². The molecule has 0 aliphatic heterocycles. The Labute approximate surface area is 120 Å². The van der Waals surface area contributed by atoms with Gasteiger partial charge < -0.3 is 19.8 Å². The number of carbonyl (C=O) groups is 2. The van der Waals surface area contributed by atoms with E-state index in [2.05, 4.69) is 0 Å². The van der Waals surface area contributed by atoms with E-state index in [9.17, 15) is 10.1 Å². The zero-order valence-electron chi connectivity index (χ0n) is 11.6. The van der Waals surface area contributed by atoms with Gasteiger partial charge in [-0.2, -0.15) is 0 Å². The third-order valence-corrected chi connectivity index (χ3v) is 2.04. The van der Waals surface area contributed by atoms with Crippen LogP contribution in [-0.2, 0) is 9.59 Å². The number of rotatable bonds is 5. The van der Waals surface area contributed by atoms with E-state index in [4.69, 9.17) is 24.5 Å². The first kappa shape index (κ1) is 18.3. The lowest BCUT2D eigenvalue weighted by atomic mass is 10.3. The second-order valence-electron chi connectivity index (χ2n) is 4.01. The topological polar surface area (TPSA) is 130 Å². The number of hydrogen-bond donors (Lipinski definition) is 2. The molecule has 0 saturated heterocycles. The lowest BCUT2D eigenvalue weighted by Crippen LogP contribution is -2.19. The van der Waals surface area contributed by atoms with Crippen molar-refractivity contribution in [3.63, 3.8) is 0 Å². The summed E-state index contributed by atoms with van der Waals surface area (Å²) in [5, 5.41) is 25.2. The molecule has 0 aliphatic carbocycles. The Morgan fingerprint density at radius 3 is 2.00 bits per heavy atom. The number of aliphatic carboxylic acids is 2. The summed E-state index contributed by atoms with van der Waals surface area (Å²) in [6.07, 6.45) is 0. The highest BCUT2D eigenvalue weighted by molar-refractivity contribution is 6.27. The summed E-state index contributed by atoms with van der Waals surface area (Å²) in [4.78, 5) is 30.2. The Hall–Kier alpha value is -2.68. The van der Waals surface area contributed by atoms with Crippen LogP contribution in [0.1, 0.15) is 0 Å². The number of non-ortho nitro benzene ring substituents is 1. The minimum atomic E-state index is -1.82. The number of nitro benzene ring substituents is 1. The van der Waals surface area contributed by atoms with Gasteiger partial charge in [0.05, 0.1) is 4.92 Å². The molecule has 1 aromatic carbocycles. The highest BCUT2D eigenvalue weighted by Gasteiger charge is 2.04. The van der Waals surface area contributed by atoms with Crippen LogP contribution in [0.4, 0.5) is 5.69 Å². The van der Waals surface area contributed by atoms with Gasteiger partial charge in [0.1, 0.15) is 12.4 Å². The summed E-state index contributed by atoms with van der Waals surface area (Å²) in [5.74, 6) is -2.99. The number of hydrogen-bond acceptors (Lipinski definition) is 6. The van der Waals surface area contributed by atoms with Gasteiger partial charge in [0.2, 0.25) is 0 Å². The maximum absolute atomic E-state index is 10.4. The predicted octanol–water partition coefficient (Wildman–Crippen LogP) is 0.691. The van der Waals surface area contributed by atoms with Gasteiger partial charge in [0.15, 0.2) is 0 Å². The van der Waals surface area contributed by atoms with E-state index >= 15 is 0 Å².